The number of pyridine rings is 1. The Morgan fingerprint density at radius 1 is 1.17 bits per heavy atom. The Morgan fingerprint density at radius 3 is 2.65 bits per heavy atom. The topological polar surface area (TPSA) is 59.4 Å². The molecule has 1 radical (unpaired) electrons. The van der Waals surface area contributed by atoms with Gasteiger partial charge in [-0.3, -0.25) is 14.8 Å². The molecule has 0 aliphatic heterocycles. The van der Waals surface area contributed by atoms with Crippen LogP contribution in [0.1, 0.15) is 0 Å². The third kappa shape index (κ3) is 2.17. The molecule has 0 aliphatic rings. The number of aromatic amines is 1. The van der Waals surface area contributed by atoms with Crippen molar-refractivity contribution in [2.24, 2.45) is 7.05 Å². The fourth-order valence-electron chi connectivity index (χ4n) is 2.51. The summed E-state index contributed by atoms with van der Waals surface area (Å²) in [5.41, 5.74) is 2.16. The summed E-state index contributed by atoms with van der Waals surface area (Å²) in [6.07, 6.45) is 5.00. The molecule has 0 fully saturated rings. The Morgan fingerprint density at radius 2 is 1.96 bits per heavy atom. The van der Waals surface area contributed by atoms with E-state index in [4.69, 9.17) is 0 Å². The van der Waals surface area contributed by atoms with Crippen molar-refractivity contribution < 1.29 is 8.78 Å². The van der Waals surface area contributed by atoms with Crippen molar-refractivity contribution in [2.75, 3.05) is 0 Å². The highest BCUT2D eigenvalue weighted by molar-refractivity contribution is 5.94. The van der Waals surface area contributed by atoms with E-state index in [2.05, 4.69) is 26.3 Å². The molecule has 0 unspecified atom stereocenters. The summed E-state index contributed by atoms with van der Waals surface area (Å²) >= 11 is 0. The van der Waals surface area contributed by atoms with Crippen LogP contribution in [0.25, 0.3) is 33.4 Å². The molecule has 0 amide bonds. The molecule has 0 spiro atoms. The Labute approximate surface area is 129 Å². The number of nitrogens with zero attached hydrogens (tertiary/aromatic N) is 4. The molecule has 4 aromatic rings. The molecule has 0 bridgehead atoms. The van der Waals surface area contributed by atoms with Gasteiger partial charge in [0.2, 0.25) is 0 Å². The first-order valence-electron chi connectivity index (χ1n) is 6.82. The molecule has 3 heterocycles. The average molecular weight is 310 g/mol. The fraction of sp³-hybridized carbons (Fsp3) is 0.0625. The summed E-state index contributed by atoms with van der Waals surface area (Å²) in [5.74, 6) is -1.41. The van der Waals surface area contributed by atoms with Crippen molar-refractivity contribution in [1.29, 1.82) is 0 Å². The largest absolute Gasteiger partial charge is 0.276 e. The van der Waals surface area contributed by atoms with Gasteiger partial charge < -0.3 is 0 Å². The molecule has 0 saturated heterocycles. The zero-order valence-corrected chi connectivity index (χ0v) is 12.0. The zero-order valence-electron chi connectivity index (χ0n) is 12.0. The number of fused-ring (bicyclic) bond motifs is 1. The standard InChI is InChI=1S/C16H10F2N5/c1-23-8-9(6-20-23)16-10-5-13(19-7-14(10)21-22-16)15-11(17)3-2-4-12(15)18/h3-8H,1H3,(H,21,22). The fourth-order valence-corrected chi connectivity index (χ4v) is 2.51. The van der Waals surface area contributed by atoms with Crippen LogP contribution in [0.5, 0.6) is 0 Å². The number of aromatic nitrogens is 5. The minimum absolute atomic E-state index is 0.177. The lowest BCUT2D eigenvalue weighted by molar-refractivity contribution is 0.588. The Kier molecular flexibility index (Phi) is 2.94. The number of nitrogens with one attached hydrogen (secondary N) is 1. The molecule has 113 valence electrons. The van der Waals surface area contributed by atoms with E-state index in [1.165, 1.54) is 6.20 Å². The molecule has 1 N–H and O–H groups in total. The first-order chi connectivity index (χ1) is 11.1. The first-order valence-corrected chi connectivity index (χ1v) is 6.82. The quantitative estimate of drug-likeness (QED) is 0.619. The van der Waals surface area contributed by atoms with Crippen LogP contribution < -0.4 is 0 Å². The summed E-state index contributed by atoms with van der Waals surface area (Å²) in [6, 6.07) is 6.19. The normalized spacial score (nSPS) is 11.3. The monoisotopic (exact) mass is 310 g/mol. The van der Waals surface area contributed by atoms with Crippen molar-refractivity contribution >= 4 is 10.9 Å². The maximum absolute atomic E-state index is 13.9. The van der Waals surface area contributed by atoms with Gasteiger partial charge in [0.15, 0.2) is 0 Å². The van der Waals surface area contributed by atoms with Crippen LogP contribution >= 0.6 is 0 Å². The van der Waals surface area contributed by atoms with Crippen molar-refractivity contribution in [3.8, 4) is 22.5 Å². The van der Waals surface area contributed by atoms with Crippen LogP contribution in [-0.4, -0.2) is 25.0 Å². The Bertz CT molecular complexity index is 998. The van der Waals surface area contributed by atoms with Crippen LogP contribution in [0, 0.1) is 17.7 Å². The van der Waals surface area contributed by atoms with E-state index in [1.807, 2.05) is 6.20 Å². The zero-order chi connectivity index (χ0) is 16.0. The van der Waals surface area contributed by atoms with Crippen molar-refractivity contribution in [3.63, 3.8) is 0 Å². The van der Waals surface area contributed by atoms with Gasteiger partial charge in [0.25, 0.3) is 0 Å². The van der Waals surface area contributed by atoms with Gasteiger partial charge in [0.1, 0.15) is 17.3 Å². The van der Waals surface area contributed by atoms with Crippen LogP contribution in [0.15, 0.2) is 36.8 Å². The van der Waals surface area contributed by atoms with Gasteiger partial charge in [0.05, 0.1) is 29.2 Å². The predicted octanol–water partition coefficient (Wildman–Crippen LogP) is 3.10. The smallest absolute Gasteiger partial charge is 0.136 e. The molecule has 23 heavy (non-hydrogen) atoms. The van der Waals surface area contributed by atoms with Crippen LogP contribution in [0.2, 0.25) is 0 Å². The number of aryl methyl sites for hydroxylation is 1. The lowest BCUT2D eigenvalue weighted by atomic mass is 10.1. The van der Waals surface area contributed by atoms with Crippen LogP contribution in [-0.2, 0) is 7.05 Å². The Balaban J connectivity index is 1.94. The third-order valence-electron chi connectivity index (χ3n) is 3.58. The van der Waals surface area contributed by atoms with Gasteiger partial charge in [0, 0.05) is 24.2 Å². The Hall–Kier alpha value is -3.09. The molecule has 5 nitrogen and oxygen atoms in total. The summed E-state index contributed by atoms with van der Waals surface area (Å²) in [7, 11) is 1.80. The van der Waals surface area contributed by atoms with E-state index < -0.39 is 11.6 Å². The number of rotatable bonds is 2. The maximum Gasteiger partial charge on any atom is 0.136 e. The summed E-state index contributed by atoms with van der Waals surface area (Å²) in [4.78, 5) is 4.13. The number of halogens is 2. The molecule has 0 atom stereocenters. The summed E-state index contributed by atoms with van der Waals surface area (Å²) < 4.78 is 29.5. The number of hydrogen-bond donors (Lipinski definition) is 1. The summed E-state index contributed by atoms with van der Waals surface area (Å²) in [6.45, 7) is 0. The molecular formula is C16H10F2N5. The molecule has 7 heteroatoms. The van der Waals surface area contributed by atoms with E-state index in [-0.39, 0.29) is 11.3 Å². The molecule has 0 saturated carbocycles. The predicted molar refractivity (Wildman–Crippen MR) is 80.3 cm³/mol. The highest BCUT2D eigenvalue weighted by Gasteiger charge is 2.16. The average Bonchev–Trinajstić information content (AvgIpc) is 3.12. The van der Waals surface area contributed by atoms with E-state index in [0.29, 0.717) is 11.2 Å². The molecular weight excluding hydrogens is 300 g/mol. The molecule has 0 aliphatic carbocycles. The second-order valence-electron chi connectivity index (χ2n) is 5.12. The highest BCUT2D eigenvalue weighted by atomic mass is 19.1. The molecule has 4 rings (SSSR count). The van der Waals surface area contributed by atoms with Crippen molar-refractivity contribution in [3.05, 3.63) is 54.5 Å². The van der Waals surface area contributed by atoms with Crippen LogP contribution in [0.4, 0.5) is 8.78 Å². The van der Waals surface area contributed by atoms with E-state index in [0.717, 1.165) is 23.1 Å². The van der Waals surface area contributed by atoms with Crippen LogP contribution in [0.3, 0.4) is 0 Å². The number of benzene rings is 1. The first kappa shape index (κ1) is 13.6. The van der Waals surface area contributed by atoms with Crippen molar-refractivity contribution in [2.45, 2.75) is 0 Å². The van der Waals surface area contributed by atoms with Crippen molar-refractivity contribution in [1.82, 2.24) is 25.0 Å². The second kappa shape index (κ2) is 4.98. The molecule has 3 aromatic heterocycles. The third-order valence-corrected chi connectivity index (χ3v) is 3.58. The minimum atomic E-state index is -0.705. The van der Waals surface area contributed by atoms with Gasteiger partial charge in [-0.1, -0.05) is 0 Å². The lowest BCUT2D eigenvalue weighted by Gasteiger charge is -2.04. The lowest BCUT2D eigenvalue weighted by Crippen LogP contribution is -1.92. The number of hydrogen-bond acceptors (Lipinski definition) is 3. The summed E-state index contributed by atoms with van der Waals surface area (Å²) in [5, 5.41) is 11.9. The number of H-pyrrole nitrogens is 1. The van der Waals surface area contributed by atoms with E-state index in [1.54, 1.807) is 24.0 Å². The van der Waals surface area contributed by atoms with Gasteiger partial charge in [-0.15, -0.1) is 0 Å². The maximum atomic E-state index is 13.9. The van der Waals surface area contributed by atoms with Gasteiger partial charge in [-0.2, -0.15) is 10.2 Å². The van der Waals surface area contributed by atoms with E-state index >= 15 is 0 Å². The van der Waals surface area contributed by atoms with E-state index in [9.17, 15) is 8.78 Å². The highest BCUT2D eigenvalue weighted by Crippen LogP contribution is 2.30. The molecule has 1 aromatic carbocycles. The minimum Gasteiger partial charge on any atom is -0.276 e. The second-order valence-corrected chi connectivity index (χ2v) is 5.12. The van der Waals surface area contributed by atoms with Gasteiger partial charge >= 0.3 is 0 Å². The SMILES string of the molecule is Cn1cc(-c2n[nH]c3cnc(-c4c(F)c[c]cc4F)cc23)cn1. The van der Waals surface area contributed by atoms with Gasteiger partial charge in [-0.05, 0) is 24.3 Å². The van der Waals surface area contributed by atoms with Gasteiger partial charge in [-0.25, -0.2) is 8.78 Å².